The fraction of sp³-hybridized carbons (Fsp3) is 0.259. The Morgan fingerprint density at radius 3 is 2.61 bits per heavy atom. The summed E-state index contributed by atoms with van der Waals surface area (Å²) >= 11 is 0. The smallest absolute Gasteiger partial charge is 0.407 e. The molecule has 0 spiro atoms. The minimum atomic E-state index is -0.656. The summed E-state index contributed by atoms with van der Waals surface area (Å²) in [5, 5.41) is 7.06. The van der Waals surface area contributed by atoms with Crippen molar-refractivity contribution in [1.82, 2.24) is 15.5 Å². The van der Waals surface area contributed by atoms with E-state index in [4.69, 9.17) is 9.47 Å². The van der Waals surface area contributed by atoms with E-state index >= 15 is 0 Å². The minimum Gasteiger partial charge on any atom is -0.497 e. The Labute approximate surface area is 207 Å². The van der Waals surface area contributed by atoms with E-state index in [2.05, 4.69) is 10.6 Å². The molecule has 2 aliphatic rings. The van der Waals surface area contributed by atoms with Gasteiger partial charge in [-0.05, 0) is 58.1 Å². The number of rotatable bonds is 6. The Hall–Kier alpha value is -4.40. The van der Waals surface area contributed by atoms with Crippen molar-refractivity contribution in [3.63, 3.8) is 0 Å². The average Bonchev–Trinajstić information content (AvgIpc) is 3.21. The number of benzene rings is 3. The molecule has 5 rings (SSSR count). The van der Waals surface area contributed by atoms with Crippen LogP contribution in [0, 0.1) is 0 Å². The van der Waals surface area contributed by atoms with Gasteiger partial charge in [0.15, 0.2) is 0 Å². The molecule has 0 radical (unpaired) electrons. The van der Waals surface area contributed by atoms with Gasteiger partial charge in [-0.25, -0.2) is 4.79 Å². The molecule has 0 aromatic heterocycles. The lowest BCUT2D eigenvalue weighted by atomic mass is 10.0. The summed E-state index contributed by atoms with van der Waals surface area (Å²) in [5.41, 5.74) is 2.91. The number of nitrogens with zero attached hydrogens (tertiary/aromatic N) is 1. The van der Waals surface area contributed by atoms with Crippen LogP contribution in [0.3, 0.4) is 0 Å². The van der Waals surface area contributed by atoms with Gasteiger partial charge in [-0.1, -0.05) is 30.3 Å². The minimum absolute atomic E-state index is 0.122. The van der Waals surface area contributed by atoms with Crippen molar-refractivity contribution < 1.29 is 28.7 Å². The first-order valence-electron chi connectivity index (χ1n) is 11.6. The molecule has 2 aliphatic heterocycles. The Kier molecular flexibility index (Phi) is 6.28. The number of nitrogens with one attached hydrogen (secondary N) is 2. The number of ether oxygens (including phenoxy) is 2. The van der Waals surface area contributed by atoms with Gasteiger partial charge in [-0.15, -0.1) is 0 Å². The fourth-order valence-electron chi connectivity index (χ4n) is 4.58. The van der Waals surface area contributed by atoms with Crippen LogP contribution in [-0.2, 0) is 34.0 Å². The number of fused-ring (bicyclic) bond motifs is 2. The van der Waals surface area contributed by atoms with Crippen LogP contribution in [0.2, 0.25) is 0 Å². The van der Waals surface area contributed by atoms with Gasteiger partial charge in [0.25, 0.3) is 5.91 Å². The SMILES string of the molecule is COc1ccc2cc(COC(=O)NCc3ccc4c(c3)C(=O)N(C3CCC(=O)NC3=O)C4)ccc2c1. The summed E-state index contributed by atoms with van der Waals surface area (Å²) in [5.74, 6) is -0.231. The third-order valence-electron chi connectivity index (χ3n) is 6.51. The third-order valence-corrected chi connectivity index (χ3v) is 6.51. The van der Waals surface area contributed by atoms with Crippen LogP contribution in [-0.4, -0.2) is 41.9 Å². The van der Waals surface area contributed by atoms with E-state index in [0.29, 0.717) is 18.5 Å². The second-order valence-electron chi connectivity index (χ2n) is 8.87. The lowest BCUT2D eigenvalue weighted by Crippen LogP contribution is -2.52. The summed E-state index contributed by atoms with van der Waals surface area (Å²) < 4.78 is 10.6. The number of carbonyl (C=O) groups is 4. The molecule has 0 saturated carbocycles. The topological polar surface area (TPSA) is 114 Å². The van der Waals surface area contributed by atoms with E-state index in [1.54, 1.807) is 13.2 Å². The maximum absolute atomic E-state index is 12.9. The molecule has 1 atom stereocenters. The molecule has 36 heavy (non-hydrogen) atoms. The third kappa shape index (κ3) is 4.72. The monoisotopic (exact) mass is 487 g/mol. The predicted molar refractivity (Wildman–Crippen MR) is 130 cm³/mol. The van der Waals surface area contributed by atoms with Crippen molar-refractivity contribution in [2.75, 3.05) is 7.11 Å². The van der Waals surface area contributed by atoms with Gasteiger partial charge in [0, 0.05) is 25.1 Å². The quantitative estimate of drug-likeness (QED) is 0.517. The van der Waals surface area contributed by atoms with Crippen LogP contribution >= 0.6 is 0 Å². The van der Waals surface area contributed by atoms with Crippen LogP contribution in [0.1, 0.15) is 39.9 Å². The number of hydrogen-bond donors (Lipinski definition) is 2. The van der Waals surface area contributed by atoms with E-state index < -0.39 is 18.0 Å². The summed E-state index contributed by atoms with van der Waals surface area (Å²) in [4.78, 5) is 50.3. The molecule has 184 valence electrons. The molecule has 3 aromatic carbocycles. The Bertz CT molecular complexity index is 1390. The van der Waals surface area contributed by atoms with Crippen LogP contribution in [0.15, 0.2) is 54.6 Å². The predicted octanol–water partition coefficient (Wildman–Crippen LogP) is 3.04. The van der Waals surface area contributed by atoms with E-state index in [1.807, 2.05) is 48.5 Å². The van der Waals surface area contributed by atoms with Crippen molar-refractivity contribution in [2.45, 2.75) is 38.6 Å². The highest BCUT2D eigenvalue weighted by atomic mass is 16.5. The standard InChI is InChI=1S/C27H25N3O6/c1-35-21-7-6-18-10-17(3-4-19(18)12-21)15-36-27(34)28-13-16-2-5-20-14-30(26(33)22(20)11-16)23-8-9-24(31)29-25(23)32/h2-7,10-12,23H,8-9,13-15H2,1H3,(H,28,34)(H,29,31,32). The van der Waals surface area contributed by atoms with Crippen LogP contribution < -0.4 is 15.4 Å². The Balaban J connectivity index is 1.16. The first-order chi connectivity index (χ1) is 17.4. The highest BCUT2D eigenvalue weighted by Crippen LogP contribution is 2.28. The molecule has 2 heterocycles. The highest BCUT2D eigenvalue weighted by molar-refractivity contribution is 6.05. The van der Waals surface area contributed by atoms with E-state index in [9.17, 15) is 19.2 Å². The lowest BCUT2D eigenvalue weighted by Gasteiger charge is -2.29. The van der Waals surface area contributed by atoms with Crippen molar-refractivity contribution in [3.05, 3.63) is 76.9 Å². The van der Waals surface area contributed by atoms with Crippen LogP contribution in [0.4, 0.5) is 4.79 Å². The zero-order valence-corrected chi connectivity index (χ0v) is 19.7. The number of methoxy groups -OCH3 is 1. The van der Waals surface area contributed by atoms with Crippen molar-refractivity contribution in [2.24, 2.45) is 0 Å². The number of imide groups is 1. The molecular formula is C27H25N3O6. The largest absolute Gasteiger partial charge is 0.497 e. The maximum atomic E-state index is 12.9. The van der Waals surface area contributed by atoms with Gasteiger partial charge in [-0.2, -0.15) is 0 Å². The number of amides is 4. The first kappa shape index (κ1) is 23.3. The molecular weight excluding hydrogens is 462 g/mol. The van der Waals surface area contributed by atoms with Gasteiger partial charge in [0.1, 0.15) is 18.4 Å². The number of piperidine rings is 1. The molecule has 4 amide bonds. The zero-order valence-electron chi connectivity index (χ0n) is 19.7. The van der Waals surface area contributed by atoms with Gasteiger partial charge >= 0.3 is 6.09 Å². The highest BCUT2D eigenvalue weighted by Gasteiger charge is 2.39. The van der Waals surface area contributed by atoms with Gasteiger partial charge < -0.3 is 19.7 Å². The number of hydrogen-bond acceptors (Lipinski definition) is 6. The van der Waals surface area contributed by atoms with E-state index in [-0.39, 0.29) is 31.4 Å². The molecule has 2 N–H and O–H groups in total. The zero-order chi connectivity index (χ0) is 25.2. The molecule has 0 bridgehead atoms. The fourth-order valence-corrected chi connectivity index (χ4v) is 4.58. The normalized spacial score (nSPS) is 17.1. The summed E-state index contributed by atoms with van der Waals surface area (Å²) in [6.07, 6.45) is -0.0421. The Morgan fingerprint density at radius 2 is 1.81 bits per heavy atom. The van der Waals surface area contributed by atoms with Crippen molar-refractivity contribution >= 4 is 34.6 Å². The molecule has 9 heteroatoms. The Morgan fingerprint density at radius 1 is 1.03 bits per heavy atom. The van der Waals surface area contributed by atoms with Crippen LogP contribution in [0.25, 0.3) is 10.8 Å². The van der Waals surface area contributed by atoms with Crippen LogP contribution in [0.5, 0.6) is 5.75 Å². The first-order valence-corrected chi connectivity index (χ1v) is 11.6. The second kappa shape index (κ2) is 9.69. The average molecular weight is 488 g/mol. The van der Waals surface area contributed by atoms with E-state index in [0.717, 1.165) is 33.2 Å². The molecule has 1 saturated heterocycles. The molecule has 1 unspecified atom stereocenters. The maximum Gasteiger partial charge on any atom is 0.407 e. The van der Waals surface area contributed by atoms with Crippen molar-refractivity contribution in [1.29, 1.82) is 0 Å². The van der Waals surface area contributed by atoms with Gasteiger partial charge in [0.05, 0.1) is 7.11 Å². The number of carbonyl (C=O) groups excluding carboxylic acids is 4. The van der Waals surface area contributed by atoms with E-state index in [1.165, 1.54) is 4.90 Å². The number of alkyl carbamates (subject to hydrolysis) is 1. The second-order valence-corrected chi connectivity index (χ2v) is 8.87. The lowest BCUT2D eigenvalue weighted by molar-refractivity contribution is -0.136. The van der Waals surface area contributed by atoms with Crippen molar-refractivity contribution in [3.8, 4) is 5.75 Å². The molecule has 9 nitrogen and oxygen atoms in total. The summed E-state index contributed by atoms with van der Waals surface area (Å²) in [6, 6.07) is 16.3. The molecule has 1 fully saturated rings. The molecule has 0 aliphatic carbocycles. The summed E-state index contributed by atoms with van der Waals surface area (Å²) in [6.45, 7) is 0.626. The van der Waals surface area contributed by atoms with Gasteiger partial charge in [-0.3, -0.25) is 19.7 Å². The van der Waals surface area contributed by atoms with Gasteiger partial charge in [0.2, 0.25) is 11.8 Å². The summed E-state index contributed by atoms with van der Waals surface area (Å²) in [7, 11) is 1.62. The molecule has 3 aromatic rings.